The zero-order valence-electron chi connectivity index (χ0n) is 10.2. The van der Waals surface area contributed by atoms with Crippen LogP contribution in [0.2, 0.25) is 0 Å². The molecule has 0 saturated heterocycles. The second-order valence-electron chi connectivity index (χ2n) is 4.74. The van der Waals surface area contributed by atoms with Crippen LogP contribution in [0.1, 0.15) is 48.0 Å². The van der Waals surface area contributed by atoms with Crippen molar-refractivity contribution in [2.75, 3.05) is 0 Å². The fourth-order valence-electron chi connectivity index (χ4n) is 0.978. The van der Waals surface area contributed by atoms with Crippen molar-refractivity contribution in [3.05, 3.63) is 0 Å². The van der Waals surface area contributed by atoms with Crippen LogP contribution in [0.3, 0.4) is 0 Å². The normalized spacial score (nSPS) is 16.1. The summed E-state index contributed by atoms with van der Waals surface area (Å²) >= 11 is 0. The zero-order chi connectivity index (χ0) is 11.4. The lowest BCUT2D eigenvalue weighted by Gasteiger charge is -2.24. The van der Waals surface area contributed by atoms with Gasteiger partial charge in [0.1, 0.15) is 6.10 Å². The van der Waals surface area contributed by atoms with E-state index < -0.39 is 0 Å². The molecule has 1 amide bonds. The Kier molecular flexibility index (Phi) is 5.13. The van der Waals surface area contributed by atoms with Crippen LogP contribution in [0.25, 0.3) is 0 Å². The first-order chi connectivity index (χ1) is 6.26. The van der Waals surface area contributed by atoms with Crippen LogP contribution in [0.5, 0.6) is 0 Å². The SMILES string of the molecule is CCC(C)OC(C)C(=O)NC(C)(C)C. The van der Waals surface area contributed by atoms with Gasteiger partial charge in [-0.3, -0.25) is 4.79 Å². The fraction of sp³-hybridized carbons (Fsp3) is 0.909. The van der Waals surface area contributed by atoms with Crippen molar-refractivity contribution < 1.29 is 9.53 Å². The smallest absolute Gasteiger partial charge is 0.249 e. The molecule has 0 aromatic carbocycles. The minimum atomic E-state index is -0.371. The maximum absolute atomic E-state index is 11.6. The predicted octanol–water partition coefficient (Wildman–Crippen LogP) is 2.10. The molecular formula is C11H23NO2. The molecule has 0 radical (unpaired) electrons. The van der Waals surface area contributed by atoms with Crippen molar-refractivity contribution in [2.45, 2.75) is 65.7 Å². The topological polar surface area (TPSA) is 38.3 Å². The molecule has 0 fully saturated rings. The van der Waals surface area contributed by atoms with Crippen LogP contribution in [-0.2, 0) is 9.53 Å². The maximum atomic E-state index is 11.6. The van der Waals surface area contributed by atoms with Crippen LogP contribution < -0.4 is 5.32 Å². The lowest BCUT2D eigenvalue weighted by Crippen LogP contribution is -2.46. The zero-order valence-corrected chi connectivity index (χ0v) is 10.2. The molecule has 2 unspecified atom stereocenters. The average Bonchev–Trinajstić information content (AvgIpc) is 2.00. The molecule has 0 aliphatic rings. The summed E-state index contributed by atoms with van der Waals surface area (Å²) in [7, 11) is 0. The minimum Gasteiger partial charge on any atom is -0.366 e. The second-order valence-corrected chi connectivity index (χ2v) is 4.74. The third kappa shape index (κ3) is 5.97. The van der Waals surface area contributed by atoms with Gasteiger partial charge in [-0.05, 0) is 41.0 Å². The van der Waals surface area contributed by atoms with E-state index in [4.69, 9.17) is 4.74 Å². The second kappa shape index (κ2) is 5.35. The van der Waals surface area contributed by atoms with E-state index in [0.29, 0.717) is 0 Å². The van der Waals surface area contributed by atoms with Gasteiger partial charge in [-0.2, -0.15) is 0 Å². The number of hydrogen-bond acceptors (Lipinski definition) is 2. The summed E-state index contributed by atoms with van der Waals surface area (Å²) < 4.78 is 5.50. The number of nitrogens with one attached hydrogen (secondary N) is 1. The van der Waals surface area contributed by atoms with Gasteiger partial charge in [0.2, 0.25) is 5.91 Å². The maximum Gasteiger partial charge on any atom is 0.249 e. The van der Waals surface area contributed by atoms with E-state index in [0.717, 1.165) is 6.42 Å². The molecule has 84 valence electrons. The van der Waals surface area contributed by atoms with Crippen LogP contribution in [0.15, 0.2) is 0 Å². The molecular weight excluding hydrogens is 178 g/mol. The Balaban J connectivity index is 4.00. The Morgan fingerprint density at radius 2 is 1.86 bits per heavy atom. The molecule has 0 bridgehead atoms. The van der Waals surface area contributed by atoms with Crippen molar-refractivity contribution in [1.29, 1.82) is 0 Å². The molecule has 1 N–H and O–H groups in total. The van der Waals surface area contributed by atoms with E-state index in [2.05, 4.69) is 5.32 Å². The number of rotatable bonds is 4. The summed E-state index contributed by atoms with van der Waals surface area (Å²) in [5.41, 5.74) is -0.190. The Morgan fingerprint density at radius 3 is 2.21 bits per heavy atom. The number of ether oxygens (including phenoxy) is 1. The van der Waals surface area contributed by atoms with Crippen LogP contribution in [-0.4, -0.2) is 23.7 Å². The first-order valence-electron chi connectivity index (χ1n) is 5.23. The molecule has 3 nitrogen and oxygen atoms in total. The minimum absolute atomic E-state index is 0.0437. The Morgan fingerprint density at radius 1 is 1.36 bits per heavy atom. The van der Waals surface area contributed by atoms with Crippen molar-refractivity contribution in [2.24, 2.45) is 0 Å². The van der Waals surface area contributed by atoms with Crippen molar-refractivity contribution >= 4 is 5.91 Å². The van der Waals surface area contributed by atoms with Gasteiger partial charge < -0.3 is 10.1 Å². The first kappa shape index (κ1) is 13.4. The third-order valence-electron chi connectivity index (χ3n) is 1.88. The van der Waals surface area contributed by atoms with E-state index in [1.54, 1.807) is 6.92 Å². The van der Waals surface area contributed by atoms with E-state index in [1.165, 1.54) is 0 Å². The van der Waals surface area contributed by atoms with Crippen LogP contribution in [0, 0.1) is 0 Å². The van der Waals surface area contributed by atoms with E-state index in [-0.39, 0.29) is 23.7 Å². The number of carbonyl (C=O) groups is 1. The molecule has 0 spiro atoms. The molecule has 0 aromatic rings. The van der Waals surface area contributed by atoms with Gasteiger partial charge in [-0.15, -0.1) is 0 Å². The highest BCUT2D eigenvalue weighted by Crippen LogP contribution is 2.05. The van der Waals surface area contributed by atoms with Gasteiger partial charge in [-0.25, -0.2) is 0 Å². The highest BCUT2D eigenvalue weighted by Gasteiger charge is 2.20. The molecule has 14 heavy (non-hydrogen) atoms. The molecule has 0 saturated carbocycles. The first-order valence-corrected chi connectivity index (χ1v) is 5.23. The standard InChI is InChI=1S/C11H23NO2/c1-7-8(2)14-9(3)10(13)12-11(4,5)6/h8-9H,7H2,1-6H3,(H,12,13). The highest BCUT2D eigenvalue weighted by atomic mass is 16.5. The summed E-state index contributed by atoms with van der Waals surface area (Å²) in [6, 6.07) is 0. The van der Waals surface area contributed by atoms with Gasteiger partial charge >= 0.3 is 0 Å². The highest BCUT2D eigenvalue weighted by molar-refractivity contribution is 5.80. The molecule has 2 atom stereocenters. The largest absolute Gasteiger partial charge is 0.366 e. The molecule has 0 aliphatic heterocycles. The summed E-state index contributed by atoms with van der Waals surface area (Å²) in [5.74, 6) is -0.0437. The van der Waals surface area contributed by atoms with Crippen LogP contribution in [0.4, 0.5) is 0 Å². The Labute approximate surface area is 87.2 Å². The lowest BCUT2D eigenvalue weighted by molar-refractivity contribution is -0.136. The quantitative estimate of drug-likeness (QED) is 0.756. The average molecular weight is 201 g/mol. The molecule has 0 heterocycles. The van der Waals surface area contributed by atoms with E-state index in [1.807, 2.05) is 34.6 Å². The van der Waals surface area contributed by atoms with Crippen LogP contribution >= 0.6 is 0 Å². The van der Waals surface area contributed by atoms with E-state index in [9.17, 15) is 4.79 Å². The van der Waals surface area contributed by atoms with Gasteiger partial charge in [0.15, 0.2) is 0 Å². The van der Waals surface area contributed by atoms with E-state index >= 15 is 0 Å². The van der Waals surface area contributed by atoms with Crippen molar-refractivity contribution in [3.63, 3.8) is 0 Å². The number of hydrogen-bond donors (Lipinski definition) is 1. The summed E-state index contributed by atoms with van der Waals surface area (Å²) in [4.78, 5) is 11.6. The van der Waals surface area contributed by atoms with Gasteiger partial charge in [0, 0.05) is 5.54 Å². The van der Waals surface area contributed by atoms with Gasteiger partial charge in [0.05, 0.1) is 6.10 Å². The molecule has 0 rings (SSSR count). The predicted molar refractivity (Wildman–Crippen MR) is 58.2 cm³/mol. The van der Waals surface area contributed by atoms with Gasteiger partial charge in [0.25, 0.3) is 0 Å². The Hall–Kier alpha value is -0.570. The fourth-order valence-corrected chi connectivity index (χ4v) is 0.978. The molecule has 0 aliphatic carbocycles. The third-order valence-corrected chi connectivity index (χ3v) is 1.88. The molecule has 3 heteroatoms. The van der Waals surface area contributed by atoms with Crippen molar-refractivity contribution in [3.8, 4) is 0 Å². The van der Waals surface area contributed by atoms with Gasteiger partial charge in [-0.1, -0.05) is 6.92 Å². The lowest BCUT2D eigenvalue weighted by atomic mass is 10.1. The summed E-state index contributed by atoms with van der Waals surface area (Å²) in [5, 5.41) is 2.88. The number of carbonyl (C=O) groups excluding carboxylic acids is 1. The molecule has 0 aromatic heterocycles. The summed E-state index contributed by atoms with van der Waals surface area (Å²) in [6.07, 6.45) is 0.688. The summed E-state index contributed by atoms with van der Waals surface area (Å²) in [6.45, 7) is 11.7. The number of amides is 1. The van der Waals surface area contributed by atoms with Crippen molar-refractivity contribution in [1.82, 2.24) is 5.32 Å². The Bertz CT molecular complexity index is 184. The monoisotopic (exact) mass is 201 g/mol.